The number of halogens is 5. The van der Waals surface area contributed by atoms with Crippen LogP contribution in [0.3, 0.4) is 0 Å². The molecule has 1 rings (SSSR count). The molecule has 0 N–H and O–H groups in total. The molecule has 170 valence electrons. The third-order valence-corrected chi connectivity index (χ3v) is 13.4. The van der Waals surface area contributed by atoms with Crippen LogP contribution in [-0.4, -0.2) is 24.6 Å². The summed E-state index contributed by atoms with van der Waals surface area (Å²) in [5.74, 6) is -10.9. The van der Waals surface area contributed by atoms with E-state index < -0.39 is 41.7 Å². The third-order valence-electron chi connectivity index (χ3n) is 6.50. The molecule has 0 aromatic heterocycles. The molecule has 0 saturated heterocycles. The van der Waals surface area contributed by atoms with Crippen molar-refractivity contribution in [2.24, 2.45) is 0 Å². The molecule has 0 unspecified atom stereocenters. The monoisotopic (exact) mass is 442 g/mol. The van der Waals surface area contributed by atoms with E-state index >= 15 is 0 Å². The summed E-state index contributed by atoms with van der Waals surface area (Å²) in [6.45, 7) is 4.70. The Bertz CT molecular complexity index is 621. The van der Waals surface area contributed by atoms with Crippen molar-refractivity contribution in [3.8, 4) is 5.75 Å². The Hall–Kier alpha value is -0.900. The summed E-state index contributed by atoms with van der Waals surface area (Å²) in [7, 11) is 0. The molecule has 0 aliphatic carbocycles. The Morgan fingerprint density at radius 1 is 0.552 bits per heavy atom. The molecule has 0 amide bonds. The van der Waals surface area contributed by atoms with Gasteiger partial charge < -0.3 is 0 Å². The molecule has 0 bridgehead atoms. The average Bonchev–Trinajstić information content (AvgIpc) is 2.75. The van der Waals surface area contributed by atoms with Gasteiger partial charge in [0.1, 0.15) is 0 Å². The summed E-state index contributed by atoms with van der Waals surface area (Å²) in [6, 6.07) is 0. The van der Waals surface area contributed by atoms with Crippen molar-refractivity contribution in [1.82, 2.24) is 0 Å². The van der Waals surface area contributed by atoms with Crippen LogP contribution in [0, 0.1) is 29.1 Å². The number of hydrogen-bond donors (Lipinski definition) is 0. The number of hydrogen-bond acceptors (Lipinski definition) is 1. The van der Waals surface area contributed by atoms with Crippen LogP contribution in [0.1, 0.15) is 79.1 Å². The van der Waals surface area contributed by atoms with E-state index in [1.807, 2.05) is 20.8 Å². The molecule has 0 saturated carbocycles. The number of unbranched alkanes of at least 4 members (excludes halogenated alkanes) is 7. The van der Waals surface area contributed by atoms with Gasteiger partial charge in [-0.2, -0.15) is 0 Å². The van der Waals surface area contributed by atoms with Crippen LogP contribution in [-0.2, 0) is 0 Å². The first-order valence-corrected chi connectivity index (χ1v) is 13.8. The second-order valence-corrected chi connectivity index (χ2v) is 14.2. The van der Waals surface area contributed by atoms with E-state index in [9.17, 15) is 22.0 Å². The first-order valence-electron chi connectivity index (χ1n) is 10.9. The Labute approximate surface area is 172 Å². The van der Waals surface area contributed by atoms with Crippen LogP contribution >= 0.6 is 6.83 Å². The molecule has 0 spiro atoms. The predicted molar refractivity (Wildman–Crippen MR) is 113 cm³/mol. The zero-order valence-corrected chi connectivity index (χ0v) is 19.1. The number of rotatable bonds is 14. The van der Waals surface area contributed by atoms with Gasteiger partial charge in [-0.15, -0.1) is 0 Å². The van der Waals surface area contributed by atoms with E-state index in [-0.39, 0.29) is 0 Å². The maximum absolute atomic E-state index is 14.3. The molecule has 0 fully saturated rings. The van der Waals surface area contributed by atoms with Gasteiger partial charge in [-0.3, -0.25) is 0 Å². The van der Waals surface area contributed by atoms with Gasteiger partial charge in [0.25, 0.3) is 0 Å². The summed E-state index contributed by atoms with van der Waals surface area (Å²) in [5, 5.41) is 0. The quantitative estimate of drug-likeness (QED) is 0.0923. The second-order valence-electron chi connectivity index (χ2n) is 8.00. The molecule has 0 heterocycles. The fraction of sp³-hybridized carbons (Fsp3) is 0.727. The van der Waals surface area contributed by atoms with E-state index in [2.05, 4.69) is 6.92 Å². The van der Waals surface area contributed by atoms with E-state index in [1.165, 1.54) is 25.7 Å². The van der Waals surface area contributed by atoms with E-state index in [0.717, 1.165) is 25.7 Å². The Morgan fingerprint density at radius 3 is 1.34 bits per heavy atom. The number of benzene rings is 1. The van der Waals surface area contributed by atoms with Crippen molar-refractivity contribution in [3.05, 3.63) is 29.1 Å². The van der Waals surface area contributed by atoms with Crippen LogP contribution in [0.4, 0.5) is 22.0 Å². The SMILES string of the molecule is CCCCCCCCCCP(CC)(CC)(CC)Oc1c(F)c(F)c(F)c(F)c1F. The van der Waals surface area contributed by atoms with Gasteiger partial charge in [0.2, 0.25) is 0 Å². The fourth-order valence-corrected chi connectivity index (χ4v) is 8.42. The molecule has 7 heteroatoms. The van der Waals surface area contributed by atoms with Gasteiger partial charge >= 0.3 is 172 Å². The fourth-order valence-electron chi connectivity index (χ4n) is 3.95. The van der Waals surface area contributed by atoms with Gasteiger partial charge in [0.15, 0.2) is 0 Å². The first-order chi connectivity index (χ1) is 13.7. The standard InChI is InChI=1S/C22H36F5OP/c1-5-9-10-11-12-13-14-15-16-29(6-2,7-3,8-4)28-22-20(26)18(24)17(23)19(25)21(22)27/h5-16H2,1-4H3. The molecule has 0 atom stereocenters. The van der Waals surface area contributed by atoms with Crippen LogP contribution in [0.2, 0.25) is 0 Å². The van der Waals surface area contributed by atoms with Crippen molar-refractivity contribution in [1.29, 1.82) is 0 Å². The molecular formula is C22H36F5OP. The van der Waals surface area contributed by atoms with Crippen LogP contribution in [0.15, 0.2) is 0 Å². The van der Waals surface area contributed by atoms with Crippen molar-refractivity contribution in [2.45, 2.75) is 79.1 Å². The minimum atomic E-state index is -3.14. The van der Waals surface area contributed by atoms with Crippen molar-refractivity contribution in [3.63, 3.8) is 0 Å². The van der Waals surface area contributed by atoms with Gasteiger partial charge in [0, 0.05) is 0 Å². The normalized spacial score (nSPS) is 13.3. The van der Waals surface area contributed by atoms with E-state index in [0.29, 0.717) is 24.6 Å². The molecule has 1 aromatic carbocycles. The molecule has 29 heavy (non-hydrogen) atoms. The second kappa shape index (κ2) is 11.5. The summed E-state index contributed by atoms with van der Waals surface area (Å²) in [6.07, 6.45) is 11.2. The van der Waals surface area contributed by atoms with Gasteiger partial charge in [-0.05, 0) is 0 Å². The Morgan fingerprint density at radius 2 is 0.931 bits per heavy atom. The molecule has 0 radical (unpaired) electrons. The maximum atomic E-state index is 14.3. The molecule has 1 nitrogen and oxygen atoms in total. The van der Waals surface area contributed by atoms with Gasteiger partial charge in [-0.1, -0.05) is 0 Å². The van der Waals surface area contributed by atoms with Gasteiger partial charge in [-0.25, -0.2) is 0 Å². The topological polar surface area (TPSA) is 9.23 Å². The Balaban J connectivity index is 2.98. The Kier molecular flexibility index (Phi) is 10.3. The molecule has 1 aromatic rings. The molecule has 0 aliphatic heterocycles. The summed E-state index contributed by atoms with van der Waals surface area (Å²) >= 11 is 0. The molecule has 0 aliphatic rings. The zero-order chi connectivity index (χ0) is 22.1. The van der Waals surface area contributed by atoms with Crippen LogP contribution < -0.4 is 4.52 Å². The van der Waals surface area contributed by atoms with Crippen molar-refractivity contribution < 1.29 is 26.5 Å². The van der Waals surface area contributed by atoms with Gasteiger partial charge in [0.05, 0.1) is 0 Å². The average molecular weight is 442 g/mol. The van der Waals surface area contributed by atoms with Crippen LogP contribution in [0.5, 0.6) is 5.75 Å². The van der Waals surface area contributed by atoms with E-state index in [4.69, 9.17) is 4.52 Å². The van der Waals surface area contributed by atoms with Crippen LogP contribution in [0.25, 0.3) is 0 Å². The van der Waals surface area contributed by atoms with E-state index in [1.54, 1.807) is 0 Å². The minimum absolute atomic E-state index is 0.536. The summed E-state index contributed by atoms with van der Waals surface area (Å²) in [5.41, 5.74) is 0. The summed E-state index contributed by atoms with van der Waals surface area (Å²) < 4.78 is 75.2. The third kappa shape index (κ3) is 6.06. The molecular weight excluding hydrogens is 406 g/mol. The van der Waals surface area contributed by atoms with Crippen molar-refractivity contribution >= 4 is 6.83 Å². The zero-order valence-electron chi connectivity index (χ0n) is 18.2. The van der Waals surface area contributed by atoms with Crippen molar-refractivity contribution in [2.75, 3.05) is 24.6 Å². The first kappa shape index (κ1) is 26.1. The summed E-state index contributed by atoms with van der Waals surface area (Å²) in [4.78, 5) is 0. The predicted octanol–water partition coefficient (Wildman–Crippen LogP) is 8.43.